The van der Waals surface area contributed by atoms with E-state index in [1.165, 1.54) is 0 Å². The molecule has 0 aromatic carbocycles. The van der Waals surface area contributed by atoms with Crippen LogP contribution in [0, 0.1) is 0 Å². The summed E-state index contributed by atoms with van der Waals surface area (Å²) >= 11 is 0. The van der Waals surface area contributed by atoms with Gasteiger partial charge in [-0.05, 0) is 0 Å². The minimum Gasteiger partial charge on any atom is -0.394 e. The van der Waals surface area contributed by atoms with Crippen LogP contribution in [0.4, 0.5) is 0 Å². The SMILES string of the molecule is O=C(CCN1C(=O)C=CC1=O)NC(O)COCCOCCOCCO. The number of amides is 3. The molecule has 0 spiro atoms. The molecule has 0 fully saturated rings. The number of ether oxygens (including phenoxy) is 3. The van der Waals surface area contributed by atoms with E-state index in [9.17, 15) is 19.5 Å². The minimum absolute atomic E-state index is 0.0335. The first kappa shape index (κ1) is 21.2. The van der Waals surface area contributed by atoms with E-state index >= 15 is 0 Å². The van der Waals surface area contributed by atoms with Crippen LogP contribution in [0.2, 0.25) is 0 Å². The first-order valence-corrected chi connectivity index (χ1v) is 7.89. The van der Waals surface area contributed by atoms with Gasteiger partial charge in [0.25, 0.3) is 11.8 Å². The molecular weight excluding hydrogens is 336 g/mol. The molecule has 142 valence electrons. The van der Waals surface area contributed by atoms with Crippen LogP contribution < -0.4 is 5.32 Å². The highest BCUT2D eigenvalue weighted by molar-refractivity contribution is 6.13. The average molecular weight is 360 g/mol. The van der Waals surface area contributed by atoms with E-state index in [0.29, 0.717) is 19.8 Å². The normalized spacial score (nSPS) is 15.0. The Balaban J connectivity index is 1.98. The summed E-state index contributed by atoms with van der Waals surface area (Å²) in [5, 5.41) is 20.4. The van der Waals surface area contributed by atoms with Crippen molar-refractivity contribution in [1.82, 2.24) is 10.2 Å². The highest BCUT2D eigenvalue weighted by Gasteiger charge is 2.23. The van der Waals surface area contributed by atoms with Crippen molar-refractivity contribution in [3.8, 4) is 0 Å². The van der Waals surface area contributed by atoms with Crippen LogP contribution in [0.3, 0.4) is 0 Å². The average Bonchev–Trinajstić information content (AvgIpc) is 2.89. The molecule has 1 aliphatic heterocycles. The van der Waals surface area contributed by atoms with Crippen molar-refractivity contribution >= 4 is 17.7 Å². The van der Waals surface area contributed by atoms with Gasteiger partial charge < -0.3 is 29.7 Å². The van der Waals surface area contributed by atoms with Crippen LogP contribution in [0.25, 0.3) is 0 Å². The summed E-state index contributed by atoms with van der Waals surface area (Å²) < 4.78 is 15.3. The van der Waals surface area contributed by atoms with Crippen LogP contribution in [0.15, 0.2) is 12.2 Å². The molecule has 3 amide bonds. The molecule has 0 saturated carbocycles. The van der Waals surface area contributed by atoms with E-state index < -0.39 is 23.9 Å². The molecule has 1 rings (SSSR count). The van der Waals surface area contributed by atoms with Gasteiger partial charge in [-0.2, -0.15) is 0 Å². The second-order valence-electron chi connectivity index (χ2n) is 5.02. The lowest BCUT2D eigenvalue weighted by Gasteiger charge is -2.16. The van der Waals surface area contributed by atoms with Crippen molar-refractivity contribution in [3.63, 3.8) is 0 Å². The van der Waals surface area contributed by atoms with E-state index in [4.69, 9.17) is 19.3 Å². The number of hydrogen-bond donors (Lipinski definition) is 3. The molecule has 10 nitrogen and oxygen atoms in total. The predicted molar refractivity (Wildman–Crippen MR) is 84.2 cm³/mol. The Morgan fingerprint density at radius 3 is 2.20 bits per heavy atom. The summed E-state index contributed by atoms with van der Waals surface area (Å²) in [7, 11) is 0. The first-order chi connectivity index (χ1) is 12.0. The summed E-state index contributed by atoms with van der Waals surface area (Å²) in [6, 6.07) is 0. The molecular formula is C15H24N2O8. The van der Waals surface area contributed by atoms with Crippen molar-refractivity contribution in [2.45, 2.75) is 12.6 Å². The zero-order valence-corrected chi connectivity index (χ0v) is 13.9. The van der Waals surface area contributed by atoms with E-state index in [0.717, 1.165) is 17.1 Å². The molecule has 1 atom stereocenters. The van der Waals surface area contributed by atoms with Gasteiger partial charge in [-0.25, -0.2) is 0 Å². The maximum atomic E-state index is 11.6. The molecule has 1 aliphatic rings. The van der Waals surface area contributed by atoms with Crippen LogP contribution in [0.1, 0.15) is 6.42 Å². The number of carbonyl (C=O) groups is 3. The summed E-state index contributed by atoms with van der Waals surface area (Å²) in [4.78, 5) is 35.2. The van der Waals surface area contributed by atoms with Gasteiger partial charge in [0.05, 0.1) is 46.2 Å². The fourth-order valence-electron chi connectivity index (χ4n) is 1.86. The van der Waals surface area contributed by atoms with Gasteiger partial charge in [0.1, 0.15) is 6.23 Å². The Bertz CT molecular complexity index is 450. The van der Waals surface area contributed by atoms with Gasteiger partial charge in [-0.15, -0.1) is 0 Å². The lowest BCUT2D eigenvalue weighted by molar-refractivity contribution is -0.137. The van der Waals surface area contributed by atoms with Crippen molar-refractivity contribution in [1.29, 1.82) is 0 Å². The Morgan fingerprint density at radius 1 is 1.04 bits per heavy atom. The zero-order chi connectivity index (χ0) is 18.5. The second kappa shape index (κ2) is 12.5. The standard InChI is InChI=1S/C15H24N2O8/c18-5-6-23-7-8-24-9-10-25-11-13(20)16-12(19)3-4-17-14(21)1-2-15(17)22/h1-2,13,18,20H,3-11H2,(H,16,19). The molecule has 0 saturated heterocycles. The second-order valence-corrected chi connectivity index (χ2v) is 5.02. The number of rotatable bonds is 14. The highest BCUT2D eigenvalue weighted by Crippen LogP contribution is 2.04. The van der Waals surface area contributed by atoms with Crippen molar-refractivity contribution in [2.75, 3.05) is 52.8 Å². The zero-order valence-electron chi connectivity index (χ0n) is 13.9. The largest absolute Gasteiger partial charge is 0.394 e. The Morgan fingerprint density at radius 2 is 1.60 bits per heavy atom. The maximum Gasteiger partial charge on any atom is 0.253 e. The smallest absolute Gasteiger partial charge is 0.253 e. The number of nitrogens with one attached hydrogen (secondary N) is 1. The molecule has 3 N–H and O–H groups in total. The Hall–Kier alpha value is -1.85. The molecule has 0 aromatic heterocycles. The van der Waals surface area contributed by atoms with E-state index in [1.807, 2.05) is 0 Å². The third kappa shape index (κ3) is 9.27. The quantitative estimate of drug-likeness (QED) is 0.180. The van der Waals surface area contributed by atoms with Crippen molar-refractivity contribution < 1.29 is 38.8 Å². The van der Waals surface area contributed by atoms with Gasteiger partial charge in [-0.3, -0.25) is 19.3 Å². The van der Waals surface area contributed by atoms with E-state index in [1.54, 1.807) is 0 Å². The molecule has 0 aliphatic carbocycles. The Labute approximate surface area is 145 Å². The van der Waals surface area contributed by atoms with Crippen LogP contribution >= 0.6 is 0 Å². The van der Waals surface area contributed by atoms with Crippen LogP contribution in [-0.4, -0.2) is 91.9 Å². The van der Waals surface area contributed by atoms with Gasteiger partial charge >= 0.3 is 0 Å². The topological polar surface area (TPSA) is 135 Å². The fraction of sp³-hybridized carbons (Fsp3) is 0.667. The third-order valence-corrected chi connectivity index (χ3v) is 3.05. The number of carbonyl (C=O) groups excluding carboxylic acids is 3. The van der Waals surface area contributed by atoms with Crippen LogP contribution in [0.5, 0.6) is 0 Å². The summed E-state index contributed by atoms with van der Waals surface area (Å²) in [5.41, 5.74) is 0. The molecule has 0 bridgehead atoms. The van der Waals surface area contributed by atoms with Gasteiger partial charge in [0.15, 0.2) is 0 Å². The van der Waals surface area contributed by atoms with Gasteiger partial charge in [0.2, 0.25) is 5.91 Å². The molecule has 1 unspecified atom stereocenters. The maximum absolute atomic E-state index is 11.6. The summed E-state index contributed by atoms with van der Waals surface area (Å²) in [6.45, 7) is 1.35. The molecule has 0 radical (unpaired) electrons. The fourth-order valence-corrected chi connectivity index (χ4v) is 1.86. The third-order valence-electron chi connectivity index (χ3n) is 3.05. The molecule has 25 heavy (non-hydrogen) atoms. The Kier molecular flexibility index (Phi) is 10.6. The van der Waals surface area contributed by atoms with Gasteiger partial charge in [0, 0.05) is 25.1 Å². The summed E-state index contributed by atoms with van der Waals surface area (Å²) in [6.07, 6.45) is 0.990. The highest BCUT2D eigenvalue weighted by atomic mass is 16.5. The van der Waals surface area contributed by atoms with E-state index in [-0.39, 0.29) is 39.4 Å². The number of aliphatic hydroxyl groups excluding tert-OH is 2. The predicted octanol–water partition coefficient (Wildman–Crippen LogP) is -2.22. The van der Waals surface area contributed by atoms with Crippen LogP contribution in [-0.2, 0) is 28.6 Å². The van der Waals surface area contributed by atoms with Crippen molar-refractivity contribution in [3.05, 3.63) is 12.2 Å². The molecule has 10 heteroatoms. The molecule has 1 heterocycles. The lowest BCUT2D eigenvalue weighted by atomic mass is 10.3. The number of hydrogen-bond acceptors (Lipinski definition) is 8. The minimum atomic E-state index is -1.19. The van der Waals surface area contributed by atoms with Gasteiger partial charge in [-0.1, -0.05) is 0 Å². The number of nitrogens with zero attached hydrogens (tertiary/aromatic N) is 1. The van der Waals surface area contributed by atoms with E-state index in [2.05, 4.69) is 5.32 Å². The number of imide groups is 1. The van der Waals surface area contributed by atoms with Crippen molar-refractivity contribution in [2.24, 2.45) is 0 Å². The molecule has 0 aromatic rings. The monoisotopic (exact) mass is 360 g/mol. The first-order valence-electron chi connectivity index (χ1n) is 7.89. The lowest BCUT2D eigenvalue weighted by Crippen LogP contribution is -2.40. The summed E-state index contributed by atoms with van der Waals surface area (Å²) in [5.74, 6) is -1.41. The number of aliphatic hydroxyl groups is 2.